The van der Waals surface area contributed by atoms with Crippen LogP contribution in [0.5, 0.6) is 5.88 Å². The van der Waals surface area contributed by atoms with E-state index in [1.807, 2.05) is 19.1 Å². The van der Waals surface area contributed by atoms with E-state index in [1.54, 1.807) is 19.3 Å². The first-order valence-corrected chi connectivity index (χ1v) is 11.2. The number of aromatic nitrogens is 3. The molecule has 2 amide bonds. The van der Waals surface area contributed by atoms with Gasteiger partial charge in [-0.3, -0.25) is 9.59 Å². The van der Waals surface area contributed by atoms with E-state index in [9.17, 15) is 23.5 Å². The van der Waals surface area contributed by atoms with E-state index < -0.39 is 29.3 Å². The zero-order valence-electron chi connectivity index (χ0n) is 19.4. The topological polar surface area (TPSA) is 82.1 Å². The summed E-state index contributed by atoms with van der Waals surface area (Å²) < 4.78 is 29.5. The van der Waals surface area contributed by atoms with Gasteiger partial charge in [-0.15, -0.1) is 0 Å². The zero-order valence-corrected chi connectivity index (χ0v) is 19.4. The molecule has 4 aromatic rings. The lowest BCUT2D eigenvalue weighted by molar-refractivity contribution is -0.576. The number of pyridine rings is 1. The average molecular weight is 486 g/mol. The van der Waals surface area contributed by atoms with Gasteiger partial charge in [0.15, 0.2) is 12.4 Å². The Morgan fingerprint density at radius 1 is 0.861 bits per heavy atom. The summed E-state index contributed by atoms with van der Waals surface area (Å²) in [6.07, 6.45) is 4.07. The van der Waals surface area contributed by atoms with Gasteiger partial charge in [-0.25, -0.2) is 18.4 Å². The van der Waals surface area contributed by atoms with Gasteiger partial charge in [-0.05, 0) is 73.3 Å². The second-order valence-corrected chi connectivity index (χ2v) is 8.27. The van der Waals surface area contributed by atoms with Crippen molar-refractivity contribution in [1.82, 2.24) is 9.78 Å². The van der Waals surface area contributed by atoms with Crippen LogP contribution >= 0.6 is 0 Å². The van der Waals surface area contributed by atoms with Gasteiger partial charge < -0.3 is 5.11 Å². The summed E-state index contributed by atoms with van der Waals surface area (Å²) in [6.45, 7) is 3.55. The molecule has 36 heavy (non-hydrogen) atoms. The third kappa shape index (κ3) is 3.74. The molecule has 7 nitrogen and oxygen atoms in total. The summed E-state index contributed by atoms with van der Waals surface area (Å²) in [5.74, 6) is -3.01. The molecular formula is C27H20F2N4O3. The lowest BCUT2D eigenvalue weighted by atomic mass is 10.0. The Labute approximate surface area is 205 Å². The van der Waals surface area contributed by atoms with E-state index in [4.69, 9.17) is 0 Å². The number of benzene rings is 2. The van der Waals surface area contributed by atoms with Crippen LogP contribution in [0, 0.1) is 18.6 Å². The van der Waals surface area contributed by atoms with Crippen LogP contribution in [-0.4, -0.2) is 21.6 Å². The van der Waals surface area contributed by atoms with Crippen LogP contribution < -0.4 is 14.6 Å². The molecular weight excluding hydrogens is 466 g/mol. The van der Waals surface area contributed by atoms with Crippen molar-refractivity contribution in [1.29, 1.82) is 0 Å². The van der Waals surface area contributed by atoms with Crippen LogP contribution in [0.15, 0.2) is 73.1 Å². The van der Waals surface area contributed by atoms with Crippen molar-refractivity contribution in [3.63, 3.8) is 0 Å². The molecule has 0 spiro atoms. The fourth-order valence-electron chi connectivity index (χ4n) is 4.20. The molecule has 0 unspecified atom stereocenters. The highest BCUT2D eigenvalue weighted by Crippen LogP contribution is 2.38. The van der Waals surface area contributed by atoms with Gasteiger partial charge in [0, 0.05) is 17.7 Å². The van der Waals surface area contributed by atoms with Crippen molar-refractivity contribution in [2.24, 2.45) is 0 Å². The number of hydrogen-bond acceptors (Lipinski definition) is 4. The number of amides is 2. The fraction of sp³-hybridized carbons (Fsp3) is 0.111. The Bertz CT molecular complexity index is 1520. The normalized spacial score (nSPS) is 13.7. The Kier molecular flexibility index (Phi) is 5.68. The first-order valence-electron chi connectivity index (χ1n) is 11.2. The number of hydrogen-bond donors (Lipinski definition) is 0. The van der Waals surface area contributed by atoms with E-state index in [0.717, 1.165) is 33.7 Å². The third-order valence-corrected chi connectivity index (χ3v) is 6.05. The molecule has 0 atom stereocenters. The second-order valence-electron chi connectivity index (χ2n) is 8.27. The molecule has 0 bridgehead atoms. The summed E-state index contributed by atoms with van der Waals surface area (Å²) in [6, 6.07) is 13.8. The summed E-state index contributed by atoms with van der Waals surface area (Å²) in [5, 5.41) is 17.8. The van der Waals surface area contributed by atoms with E-state index in [-0.39, 0.29) is 28.2 Å². The first-order chi connectivity index (χ1) is 17.3. The van der Waals surface area contributed by atoms with Crippen LogP contribution in [-0.2, 0) is 16.0 Å². The molecule has 3 heterocycles. The third-order valence-electron chi connectivity index (χ3n) is 6.05. The molecule has 0 saturated heterocycles. The number of rotatable bonds is 5. The zero-order chi connectivity index (χ0) is 25.6. The quantitative estimate of drug-likeness (QED) is 0.320. The van der Waals surface area contributed by atoms with E-state index in [1.165, 1.54) is 41.0 Å². The molecule has 2 aromatic carbocycles. The first kappa shape index (κ1) is 23.1. The number of carbonyl (C=O) groups is 2. The minimum Gasteiger partial charge on any atom is -0.858 e. The van der Waals surface area contributed by atoms with Gasteiger partial charge in [0.1, 0.15) is 17.2 Å². The molecule has 180 valence electrons. The molecule has 0 aliphatic carbocycles. The van der Waals surface area contributed by atoms with Crippen molar-refractivity contribution >= 4 is 28.8 Å². The van der Waals surface area contributed by atoms with Crippen molar-refractivity contribution < 1.29 is 28.0 Å². The van der Waals surface area contributed by atoms with Gasteiger partial charge in [0.2, 0.25) is 0 Å². The number of nitrogens with zero attached hydrogens (tertiary/aromatic N) is 4. The number of anilines is 1. The van der Waals surface area contributed by atoms with Crippen molar-refractivity contribution in [3.05, 3.63) is 102 Å². The van der Waals surface area contributed by atoms with Crippen molar-refractivity contribution in [2.45, 2.75) is 20.3 Å². The highest BCUT2D eigenvalue weighted by atomic mass is 19.1. The van der Waals surface area contributed by atoms with Gasteiger partial charge in [-0.1, -0.05) is 6.92 Å². The maximum Gasteiger partial charge on any atom is 0.331 e. The minimum absolute atomic E-state index is 0.0224. The molecule has 5 rings (SSSR count). The van der Waals surface area contributed by atoms with Crippen LogP contribution in [0.3, 0.4) is 0 Å². The van der Waals surface area contributed by atoms with Gasteiger partial charge in [0.05, 0.1) is 17.1 Å². The Hall–Kier alpha value is -4.66. The highest BCUT2D eigenvalue weighted by molar-refractivity contribution is 6.53. The lowest BCUT2D eigenvalue weighted by Crippen LogP contribution is -2.39. The summed E-state index contributed by atoms with van der Waals surface area (Å²) >= 11 is 0. The second kappa shape index (κ2) is 8.84. The number of imide groups is 1. The van der Waals surface area contributed by atoms with Crippen molar-refractivity contribution in [3.8, 4) is 11.6 Å². The predicted octanol–water partition coefficient (Wildman–Crippen LogP) is 3.32. The van der Waals surface area contributed by atoms with E-state index in [0.29, 0.717) is 5.69 Å². The molecule has 0 N–H and O–H groups in total. The molecule has 1 aliphatic rings. The summed E-state index contributed by atoms with van der Waals surface area (Å²) in [4.78, 5) is 28.3. The fourth-order valence-corrected chi connectivity index (χ4v) is 4.20. The van der Waals surface area contributed by atoms with Gasteiger partial charge >= 0.3 is 5.91 Å². The number of carbonyl (C=O) groups excluding carboxylic acids is 2. The van der Waals surface area contributed by atoms with Crippen LogP contribution in [0.4, 0.5) is 14.5 Å². The molecule has 0 saturated carbocycles. The SMILES string of the molecule is CCc1cc[n+](C2=C(c3c(C)nn(-c4ccc(F)cc4)c3[O-])C(=O)N(c3ccc(F)cc3)C2=O)cc1. The minimum atomic E-state index is -0.729. The molecule has 2 aromatic heterocycles. The molecule has 1 aliphatic heterocycles. The van der Waals surface area contributed by atoms with Gasteiger partial charge in [0.25, 0.3) is 11.6 Å². The maximum absolute atomic E-state index is 13.7. The number of halogens is 2. The van der Waals surface area contributed by atoms with Gasteiger partial charge in [-0.2, -0.15) is 9.67 Å². The molecule has 9 heteroatoms. The molecule has 0 fully saturated rings. The maximum atomic E-state index is 13.7. The Morgan fingerprint density at radius 3 is 1.97 bits per heavy atom. The van der Waals surface area contributed by atoms with Crippen LogP contribution in [0.25, 0.3) is 17.0 Å². The average Bonchev–Trinajstić information content (AvgIpc) is 3.31. The van der Waals surface area contributed by atoms with Crippen molar-refractivity contribution in [2.75, 3.05) is 4.90 Å². The smallest absolute Gasteiger partial charge is 0.331 e. The monoisotopic (exact) mass is 486 g/mol. The lowest BCUT2D eigenvalue weighted by Gasteiger charge is -2.15. The standard InChI is InChI=1S/C27H20F2N4O3/c1-3-17-12-14-31(15-13-17)24-23(25(34)32(27(24)36)20-8-4-18(28)5-9-20)22-16(2)30-33(26(22)35)21-10-6-19(29)7-11-21/h4-15H,3H2,1-2H3. The summed E-state index contributed by atoms with van der Waals surface area (Å²) in [5.41, 5.74) is 1.55. The highest BCUT2D eigenvalue weighted by Gasteiger charge is 2.47. The molecule has 0 radical (unpaired) electrons. The van der Waals surface area contributed by atoms with E-state index >= 15 is 0 Å². The Balaban J connectivity index is 1.72. The predicted molar refractivity (Wildman–Crippen MR) is 126 cm³/mol. The van der Waals surface area contributed by atoms with E-state index in [2.05, 4.69) is 5.10 Å². The van der Waals surface area contributed by atoms with Crippen LogP contribution in [0.2, 0.25) is 0 Å². The summed E-state index contributed by atoms with van der Waals surface area (Å²) in [7, 11) is 0. The largest absolute Gasteiger partial charge is 0.858 e. The van der Waals surface area contributed by atoms with Crippen LogP contribution in [0.1, 0.15) is 23.7 Å². The Morgan fingerprint density at radius 2 is 1.42 bits per heavy atom. The number of aryl methyl sites for hydroxylation is 2.